The Morgan fingerprint density at radius 3 is 2.11 bits per heavy atom. The van der Waals surface area contributed by atoms with Gasteiger partial charge in [0.2, 0.25) is 0 Å². The van der Waals surface area contributed by atoms with Crippen molar-refractivity contribution in [3.63, 3.8) is 0 Å². The third-order valence-corrected chi connectivity index (χ3v) is 6.79. The number of carboxylic acid groups (broad SMARTS) is 1. The Balaban J connectivity index is 1.74. The summed E-state index contributed by atoms with van der Waals surface area (Å²) in [5.74, 6) is -1.45. The van der Waals surface area contributed by atoms with Crippen molar-refractivity contribution in [2.75, 3.05) is 20.7 Å². The Kier molecular flexibility index (Phi) is 8.31. The van der Waals surface area contributed by atoms with Crippen LogP contribution in [0.25, 0.3) is 22.4 Å². The van der Waals surface area contributed by atoms with Crippen LogP contribution in [0.4, 0.5) is 0 Å². The summed E-state index contributed by atoms with van der Waals surface area (Å²) >= 11 is 0. The van der Waals surface area contributed by atoms with E-state index >= 15 is 0 Å². The van der Waals surface area contributed by atoms with E-state index in [9.17, 15) is 14.7 Å². The monoisotopic (exact) mass is 493 g/mol. The third-order valence-electron chi connectivity index (χ3n) is 5.09. The number of nitrogens with zero attached hydrogens (tertiary/aromatic N) is 5. The minimum Gasteiger partial charge on any atom is -0.476 e. The second-order valence-corrected chi connectivity index (χ2v) is 15.2. The SMILES string of the molecule is CN(C)C=NC(=O)c1ccc(-c2ccc(-c3nn(COCC[Si](C)(C)C)nc3C(=O)O)cc2)cc1. The van der Waals surface area contributed by atoms with Gasteiger partial charge in [0.05, 0.1) is 6.34 Å². The highest BCUT2D eigenvalue weighted by Gasteiger charge is 2.20. The lowest BCUT2D eigenvalue weighted by molar-refractivity contribution is 0.0643. The number of hydrogen-bond donors (Lipinski definition) is 1. The summed E-state index contributed by atoms with van der Waals surface area (Å²) in [5.41, 5.74) is 3.15. The molecule has 0 bridgehead atoms. The molecule has 0 fully saturated rings. The highest BCUT2D eigenvalue weighted by Crippen LogP contribution is 2.26. The molecule has 2 aromatic carbocycles. The van der Waals surface area contributed by atoms with Gasteiger partial charge in [-0.15, -0.1) is 5.10 Å². The Labute approximate surface area is 206 Å². The molecule has 0 unspecified atom stereocenters. The molecule has 0 radical (unpaired) electrons. The van der Waals surface area contributed by atoms with Crippen molar-refractivity contribution < 1.29 is 19.4 Å². The molecule has 35 heavy (non-hydrogen) atoms. The normalized spacial score (nSPS) is 11.7. The van der Waals surface area contributed by atoms with Gasteiger partial charge in [0, 0.05) is 39.9 Å². The maximum Gasteiger partial charge on any atom is 0.358 e. The molecule has 10 heteroatoms. The van der Waals surface area contributed by atoms with E-state index in [1.807, 2.05) is 36.4 Å². The number of aromatic nitrogens is 3. The summed E-state index contributed by atoms with van der Waals surface area (Å²) in [6.07, 6.45) is 1.47. The van der Waals surface area contributed by atoms with Crippen LogP contribution in [0.5, 0.6) is 0 Å². The van der Waals surface area contributed by atoms with E-state index in [1.165, 1.54) is 11.1 Å². The van der Waals surface area contributed by atoms with Gasteiger partial charge < -0.3 is 14.7 Å². The molecular weight excluding hydrogens is 462 g/mol. The summed E-state index contributed by atoms with van der Waals surface area (Å²) in [6, 6.07) is 15.5. The van der Waals surface area contributed by atoms with E-state index in [1.54, 1.807) is 31.1 Å². The van der Waals surface area contributed by atoms with E-state index in [2.05, 4.69) is 34.8 Å². The molecule has 0 saturated heterocycles. The zero-order chi connectivity index (χ0) is 25.6. The van der Waals surface area contributed by atoms with Crippen molar-refractivity contribution in [2.24, 2.45) is 4.99 Å². The van der Waals surface area contributed by atoms with Gasteiger partial charge in [0.15, 0.2) is 12.4 Å². The van der Waals surface area contributed by atoms with Crippen LogP contribution in [0, 0.1) is 0 Å². The zero-order valence-electron chi connectivity index (χ0n) is 20.7. The molecule has 0 atom stereocenters. The first-order valence-electron chi connectivity index (χ1n) is 11.3. The first-order chi connectivity index (χ1) is 16.5. The molecule has 0 aliphatic carbocycles. The predicted octanol–water partition coefficient (Wildman–Crippen LogP) is 4.35. The lowest BCUT2D eigenvalue weighted by Crippen LogP contribution is -2.22. The first-order valence-corrected chi connectivity index (χ1v) is 15.0. The Hall–Kier alpha value is -3.63. The molecule has 184 valence electrons. The standard InChI is InChI=1S/C25H31N5O4Si/c1-29(2)16-26-24(31)21-12-8-19(9-13-21)18-6-10-20(11-7-18)22-23(25(32)33)28-30(27-22)17-34-14-15-35(3,4)5/h6-13,16H,14-15,17H2,1-5H3,(H,32,33). The fourth-order valence-electron chi connectivity index (χ4n) is 3.14. The van der Waals surface area contributed by atoms with Crippen molar-refractivity contribution in [3.05, 3.63) is 59.8 Å². The van der Waals surface area contributed by atoms with E-state index in [-0.39, 0.29) is 24.0 Å². The zero-order valence-corrected chi connectivity index (χ0v) is 21.7. The van der Waals surface area contributed by atoms with E-state index in [4.69, 9.17) is 4.74 Å². The molecule has 3 rings (SSSR count). The number of rotatable bonds is 10. The highest BCUT2D eigenvalue weighted by molar-refractivity contribution is 6.76. The van der Waals surface area contributed by atoms with Crippen LogP contribution in [0.1, 0.15) is 20.8 Å². The van der Waals surface area contributed by atoms with Gasteiger partial charge in [0.1, 0.15) is 5.69 Å². The number of aliphatic imine (C=N–C) groups is 1. The van der Waals surface area contributed by atoms with Gasteiger partial charge in [0.25, 0.3) is 5.91 Å². The maximum atomic E-state index is 12.1. The molecule has 3 aromatic rings. The number of ether oxygens (including phenoxy) is 1. The van der Waals surface area contributed by atoms with Gasteiger partial charge in [-0.05, 0) is 29.3 Å². The number of aromatic carboxylic acids is 1. The molecular formula is C25H31N5O4Si. The third kappa shape index (κ3) is 7.43. The fourth-order valence-corrected chi connectivity index (χ4v) is 3.89. The average Bonchev–Trinajstić information content (AvgIpc) is 3.24. The smallest absolute Gasteiger partial charge is 0.358 e. The Bertz CT molecular complexity index is 1200. The number of amides is 1. The second kappa shape index (κ2) is 11.2. The van der Waals surface area contributed by atoms with Crippen LogP contribution in [-0.4, -0.2) is 72.0 Å². The van der Waals surface area contributed by atoms with Gasteiger partial charge in [-0.2, -0.15) is 14.9 Å². The average molecular weight is 494 g/mol. The Morgan fingerprint density at radius 1 is 1.00 bits per heavy atom. The van der Waals surface area contributed by atoms with Crippen LogP contribution in [0.2, 0.25) is 25.7 Å². The summed E-state index contributed by atoms with van der Waals surface area (Å²) in [5, 5.41) is 18.1. The molecule has 0 spiro atoms. The molecule has 0 saturated carbocycles. The van der Waals surface area contributed by atoms with Gasteiger partial charge >= 0.3 is 5.97 Å². The largest absolute Gasteiger partial charge is 0.476 e. The number of benzene rings is 2. The van der Waals surface area contributed by atoms with Crippen LogP contribution in [0.15, 0.2) is 53.5 Å². The molecule has 1 N–H and O–H groups in total. The lowest BCUT2D eigenvalue weighted by Gasteiger charge is -2.14. The van der Waals surface area contributed by atoms with Crippen molar-refractivity contribution in [3.8, 4) is 22.4 Å². The van der Waals surface area contributed by atoms with E-state index in [0.29, 0.717) is 17.7 Å². The first kappa shape index (κ1) is 26.0. The Morgan fingerprint density at radius 2 is 1.57 bits per heavy atom. The highest BCUT2D eigenvalue weighted by atomic mass is 28.3. The summed E-state index contributed by atoms with van der Waals surface area (Å²) in [7, 11) is 2.38. The topological polar surface area (TPSA) is 110 Å². The number of carboxylic acids is 1. The maximum absolute atomic E-state index is 12.1. The number of hydrogen-bond acceptors (Lipinski definition) is 5. The van der Waals surface area contributed by atoms with Gasteiger partial charge in [-0.25, -0.2) is 4.79 Å². The quantitative estimate of drug-likeness (QED) is 0.193. The molecule has 0 aliphatic rings. The van der Waals surface area contributed by atoms with Crippen molar-refractivity contribution in [2.45, 2.75) is 32.4 Å². The summed E-state index contributed by atoms with van der Waals surface area (Å²) in [4.78, 5) is 30.7. The molecule has 1 heterocycles. The van der Waals surface area contributed by atoms with Crippen LogP contribution in [0.3, 0.4) is 0 Å². The van der Waals surface area contributed by atoms with Crippen LogP contribution >= 0.6 is 0 Å². The van der Waals surface area contributed by atoms with Gasteiger partial charge in [-0.3, -0.25) is 4.79 Å². The minimum atomic E-state index is -1.22. The fraction of sp³-hybridized carbons (Fsp3) is 0.320. The van der Waals surface area contributed by atoms with Crippen molar-refractivity contribution >= 4 is 26.3 Å². The second-order valence-electron chi connectivity index (χ2n) is 9.59. The number of carbonyl (C=O) groups is 2. The molecule has 0 aliphatic heterocycles. The van der Waals surface area contributed by atoms with Crippen molar-refractivity contribution in [1.82, 2.24) is 19.9 Å². The van der Waals surface area contributed by atoms with Crippen LogP contribution < -0.4 is 0 Å². The van der Waals surface area contributed by atoms with Crippen LogP contribution in [-0.2, 0) is 11.5 Å². The predicted molar refractivity (Wildman–Crippen MR) is 138 cm³/mol. The lowest BCUT2D eigenvalue weighted by atomic mass is 10.0. The van der Waals surface area contributed by atoms with E-state index < -0.39 is 14.0 Å². The molecule has 9 nitrogen and oxygen atoms in total. The molecule has 1 amide bonds. The minimum absolute atomic E-state index is 0.104. The van der Waals surface area contributed by atoms with Crippen molar-refractivity contribution in [1.29, 1.82) is 0 Å². The summed E-state index contributed by atoms with van der Waals surface area (Å²) < 4.78 is 5.65. The van der Waals surface area contributed by atoms with Gasteiger partial charge in [-0.1, -0.05) is 56.0 Å². The summed E-state index contributed by atoms with van der Waals surface area (Å²) in [6.45, 7) is 7.49. The number of carbonyl (C=O) groups excluding carboxylic acids is 1. The van der Waals surface area contributed by atoms with E-state index in [0.717, 1.165) is 17.2 Å². The molecule has 1 aromatic heterocycles.